The number of carbonyl (C=O) groups excluding carboxylic acids is 3. The molecule has 0 bridgehead atoms. The molecule has 3 fully saturated rings. The number of rotatable bonds is 13. The van der Waals surface area contributed by atoms with E-state index in [1.54, 1.807) is 0 Å². The topological polar surface area (TPSA) is 142 Å². The molecule has 0 aromatic carbocycles. The van der Waals surface area contributed by atoms with E-state index in [-0.39, 0.29) is 25.2 Å². The number of nitrogens with one attached hydrogen (secondary N) is 3. The number of allylic oxidation sites excluding steroid dienone is 1. The van der Waals surface area contributed by atoms with Gasteiger partial charge >= 0.3 is 0 Å². The van der Waals surface area contributed by atoms with Gasteiger partial charge in [-0.1, -0.05) is 18.6 Å². The summed E-state index contributed by atoms with van der Waals surface area (Å²) in [6.45, 7) is 7.84. The molecular formula is C23H35N3O6S. The van der Waals surface area contributed by atoms with Crippen molar-refractivity contribution in [1.82, 2.24) is 15.4 Å². The SMILES string of the molecule is C=CCCCCCNC(=O)C1CC(O)CC1C(=O)NC1(C(=O)NS(=O)(=O)C2CC2)CC1C=C. The lowest BCUT2D eigenvalue weighted by molar-refractivity contribution is -0.136. The Balaban J connectivity index is 1.60. The summed E-state index contributed by atoms with van der Waals surface area (Å²) in [5.74, 6) is -3.49. The molecule has 0 aliphatic heterocycles. The summed E-state index contributed by atoms with van der Waals surface area (Å²) in [7, 11) is -3.76. The third kappa shape index (κ3) is 6.03. The molecule has 5 atom stereocenters. The van der Waals surface area contributed by atoms with Gasteiger partial charge in [-0.2, -0.15) is 0 Å². The van der Waals surface area contributed by atoms with Gasteiger partial charge in [-0.3, -0.25) is 19.1 Å². The van der Waals surface area contributed by atoms with Crippen LogP contribution in [0.25, 0.3) is 0 Å². The maximum atomic E-state index is 13.1. The molecule has 10 heteroatoms. The fourth-order valence-electron chi connectivity index (χ4n) is 4.55. The number of hydrogen-bond donors (Lipinski definition) is 4. The number of hydrogen-bond acceptors (Lipinski definition) is 6. The van der Waals surface area contributed by atoms with E-state index in [0.29, 0.717) is 19.4 Å². The zero-order valence-electron chi connectivity index (χ0n) is 18.9. The highest BCUT2D eigenvalue weighted by molar-refractivity contribution is 7.91. The number of unbranched alkanes of at least 4 members (excludes halogenated alkanes) is 3. The van der Waals surface area contributed by atoms with E-state index >= 15 is 0 Å². The number of amides is 3. The molecule has 0 aromatic rings. The van der Waals surface area contributed by atoms with E-state index in [4.69, 9.17) is 0 Å². The molecule has 0 spiro atoms. The number of aliphatic hydroxyl groups excluding tert-OH is 1. The van der Waals surface area contributed by atoms with E-state index in [9.17, 15) is 27.9 Å². The maximum absolute atomic E-state index is 13.1. The second-order valence-corrected chi connectivity index (χ2v) is 11.4. The predicted molar refractivity (Wildman–Crippen MR) is 123 cm³/mol. The normalized spacial score (nSPS) is 30.8. The molecule has 9 nitrogen and oxygen atoms in total. The van der Waals surface area contributed by atoms with Gasteiger partial charge in [-0.05, 0) is 51.4 Å². The van der Waals surface area contributed by atoms with Crippen LogP contribution in [0.15, 0.2) is 25.3 Å². The predicted octanol–water partition coefficient (Wildman–Crippen LogP) is 0.905. The third-order valence-electron chi connectivity index (χ3n) is 6.84. The quantitative estimate of drug-likeness (QED) is 0.228. The van der Waals surface area contributed by atoms with Gasteiger partial charge in [-0.25, -0.2) is 8.42 Å². The van der Waals surface area contributed by atoms with E-state index < -0.39 is 56.5 Å². The van der Waals surface area contributed by atoms with Crippen LogP contribution in [0.2, 0.25) is 0 Å². The highest BCUT2D eigenvalue weighted by atomic mass is 32.2. The molecule has 3 amide bonds. The Morgan fingerprint density at radius 3 is 2.27 bits per heavy atom. The Morgan fingerprint density at radius 1 is 1.03 bits per heavy atom. The van der Waals surface area contributed by atoms with Crippen LogP contribution in [0.3, 0.4) is 0 Å². The lowest BCUT2D eigenvalue weighted by Gasteiger charge is -2.23. The summed E-state index contributed by atoms with van der Waals surface area (Å²) in [6, 6.07) is 0. The van der Waals surface area contributed by atoms with Crippen molar-refractivity contribution in [3.8, 4) is 0 Å². The maximum Gasteiger partial charge on any atom is 0.259 e. The zero-order chi connectivity index (χ0) is 24.2. The van der Waals surface area contributed by atoms with Crippen LogP contribution < -0.4 is 15.4 Å². The molecule has 0 saturated heterocycles. The van der Waals surface area contributed by atoms with E-state index in [1.165, 1.54) is 6.08 Å². The third-order valence-corrected chi connectivity index (χ3v) is 8.66. The molecule has 184 valence electrons. The minimum Gasteiger partial charge on any atom is -0.393 e. The van der Waals surface area contributed by atoms with Gasteiger partial charge in [0.05, 0.1) is 23.2 Å². The molecule has 0 aromatic heterocycles. The van der Waals surface area contributed by atoms with Crippen molar-refractivity contribution in [2.75, 3.05) is 6.54 Å². The first-order chi connectivity index (χ1) is 15.6. The van der Waals surface area contributed by atoms with Crippen molar-refractivity contribution in [2.45, 2.75) is 74.7 Å². The van der Waals surface area contributed by atoms with Crippen LogP contribution in [0.1, 0.15) is 57.8 Å². The Hall–Kier alpha value is -2.20. The lowest BCUT2D eigenvalue weighted by atomic mass is 9.93. The van der Waals surface area contributed by atoms with Crippen molar-refractivity contribution in [3.05, 3.63) is 25.3 Å². The van der Waals surface area contributed by atoms with Gasteiger partial charge in [0.1, 0.15) is 5.54 Å². The number of sulfonamides is 1. The van der Waals surface area contributed by atoms with Crippen molar-refractivity contribution >= 4 is 27.7 Å². The molecular weight excluding hydrogens is 446 g/mol. The van der Waals surface area contributed by atoms with Crippen molar-refractivity contribution in [2.24, 2.45) is 17.8 Å². The summed E-state index contributed by atoms with van der Waals surface area (Å²) in [5.41, 5.74) is -1.39. The van der Waals surface area contributed by atoms with E-state index in [1.807, 2.05) is 6.08 Å². The summed E-state index contributed by atoms with van der Waals surface area (Å²) < 4.78 is 26.6. The van der Waals surface area contributed by atoms with Crippen LogP contribution in [0.4, 0.5) is 0 Å². The van der Waals surface area contributed by atoms with Crippen LogP contribution in [-0.2, 0) is 24.4 Å². The van der Waals surface area contributed by atoms with Crippen molar-refractivity contribution in [3.63, 3.8) is 0 Å². The lowest BCUT2D eigenvalue weighted by Crippen LogP contribution is -2.54. The Bertz CT molecular complexity index is 900. The summed E-state index contributed by atoms with van der Waals surface area (Å²) in [5, 5.41) is 15.1. The van der Waals surface area contributed by atoms with Crippen molar-refractivity contribution in [1.29, 1.82) is 0 Å². The van der Waals surface area contributed by atoms with E-state index in [0.717, 1.165) is 25.7 Å². The Kier molecular flexibility index (Phi) is 8.00. The second kappa shape index (κ2) is 10.4. The minimum atomic E-state index is -3.76. The van der Waals surface area contributed by atoms with Gasteiger partial charge in [0.2, 0.25) is 21.8 Å². The van der Waals surface area contributed by atoms with Crippen LogP contribution in [0.5, 0.6) is 0 Å². The van der Waals surface area contributed by atoms with Gasteiger partial charge in [0.25, 0.3) is 5.91 Å². The molecule has 5 unspecified atom stereocenters. The molecule has 3 aliphatic carbocycles. The average molecular weight is 482 g/mol. The first-order valence-corrected chi connectivity index (χ1v) is 13.3. The molecule has 3 rings (SSSR count). The highest BCUT2D eigenvalue weighted by Gasteiger charge is 2.61. The standard InChI is InChI=1S/C23H35N3O6S/c1-3-5-6-7-8-11-24-20(28)18-12-16(27)13-19(18)21(29)25-23(14-15(23)4-2)22(30)26-33(31,32)17-9-10-17/h3-4,15-19,27H,1-2,5-14H2,(H,24,28)(H,25,29)(H,26,30). The molecule has 0 radical (unpaired) electrons. The van der Waals surface area contributed by atoms with Crippen molar-refractivity contribution < 1.29 is 27.9 Å². The van der Waals surface area contributed by atoms with Gasteiger partial charge in [-0.15, -0.1) is 13.2 Å². The number of carbonyl (C=O) groups is 3. The monoisotopic (exact) mass is 481 g/mol. The first kappa shape index (κ1) is 25.4. The molecule has 0 heterocycles. The second-order valence-electron chi connectivity index (χ2n) is 9.45. The smallest absolute Gasteiger partial charge is 0.259 e. The van der Waals surface area contributed by atoms with Crippen LogP contribution in [-0.4, -0.2) is 54.7 Å². The fraction of sp³-hybridized carbons (Fsp3) is 0.696. The van der Waals surface area contributed by atoms with Crippen LogP contribution >= 0.6 is 0 Å². The van der Waals surface area contributed by atoms with E-state index in [2.05, 4.69) is 28.5 Å². The Morgan fingerprint density at radius 2 is 1.70 bits per heavy atom. The van der Waals surface area contributed by atoms with Gasteiger partial charge < -0.3 is 15.7 Å². The zero-order valence-corrected chi connectivity index (χ0v) is 19.7. The van der Waals surface area contributed by atoms with Gasteiger partial charge in [0, 0.05) is 12.5 Å². The van der Waals surface area contributed by atoms with Crippen LogP contribution in [0, 0.1) is 17.8 Å². The Labute approximate surface area is 195 Å². The average Bonchev–Trinajstić information content (AvgIpc) is 3.67. The molecule has 3 saturated carbocycles. The molecule has 4 N–H and O–H groups in total. The molecule has 3 aliphatic rings. The largest absolute Gasteiger partial charge is 0.393 e. The summed E-state index contributed by atoms with van der Waals surface area (Å²) in [4.78, 5) is 38.7. The summed E-state index contributed by atoms with van der Waals surface area (Å²) in [6.07, 6.45) is 7.81. The number of aliphatic hydroxyl groups is 1. The first-order valence-electron chi connectivity index (χ1n) is 11.7. The fourth-order valence-corrected chi connectivity index (χ4v) is 5.92. The minimum absolute atomic E-state index is 0.111. The molecule has 33 heavy (non-hydrogen) atoms. The summed E-state index contributed by atoms with van der Waals surface area (Å²) >= 11 is 0. The highest BCUT2D eigenvalue weighted by Crippen LogP contribution is 2.46. The van der Waals surface area contributed by atoms with Gasteiger partial charge in [0.15, 0.2) is 0 Å².